The van der Waals surface area contributed by atoms with Gasteiger partial charge in [0.2, 0.25) is 11.8 Å². The molecule has 1 atom stereocenters. The van der Waals surface area contributed by atoms with E-state index in [1.807, 2.05) is 19.1 Å². The van der Waals surface area contributed by atoms with Crippen LogP contribution in [0.1, 0.15) is 36.3 Å². The third-order valence-corrected chi connectivity index (χ3v) is 5.84. The van der Waals surface area contributed by atoms with Gasteiger partial charge in [0.1, 0.15) is 0 Å². The van der Waals surface area contributed by atoms with E-state index in [1.165, 1.54) is 0 Å². The van der Waals surface area contributed by atoms with Gasteiger partial charge in [-0.2, -0.15) is 0 Å². The standard InChI is InChI=1S/C19H21BN4O4S/c1-2-3-18-22-23-19(28-18)9-13-8-14(21)5-7-17(13)29(26)24-15-6-4-12-11-27-20(25)16(12)10-15/h4-8,10,24-25H,2-3,9,11,21H2,1H3. The average Bonchev–Trinajstić information content (AvgIpc) is 3.29. The molecule has 29 heavy (non-hydrogen) atoms. The maximum Gasteiger partial charge on any atom is 0.491 e. The molecule has 1 unspecified atom stereocenters. The first-order valence-corrected chi connectivity index (χ1v) is 10.5. The number of nitrogens with one attached hydrogen (secondary N) is 1. The summed E-state index contributed by atoms with van der Waals surface area (Å²) in [4.78, 5) is 0.576. The van der Waals surface area contributed by atoms with Crippen molar-refractivity contribution in [3.05, 3.63) is 59.3 Å². The lowest BCUT2D eigenvalue weighted by Crippen LogP contribution is -2.28. The maximum atomic E-state index is 13.0. The molecule has 1 aliphatic heterocycles. The Morgan fingerprint density at radius 3 is 2.90 bits per heavy atom. The SMILES string of the molecule is CCCc1nnc(Cc2cc(N)ccc2S(=O)Nc2ccc3c(c2)B(O)OC3)o1. The Kier molecular flexibility index (Phi) is 5.66. The van der Waals surface area contributed by atoms with Crippen LogP contribution < -0.4 is 15.9 Å². The van der Waals surface area contributed by atoms with Crippen molar-refractivity contribution in [1.82, 2.24) is 10.2 Å². The molecule has 0 bridgehead atoms. The Balaban J connectivity index is 1.56. The van der Waals surface area contributed by atoms with Crippen LogP contribution in [0.15, 0.2) is 45.7 Å². The molecule has 3 aromatic rings. The second-order valence-electron chi connectivity index (χ2n) is 6.83. The molecule has 0 amide bonds. The number of aromatic nitrogens is 2. The molecule has 1 aliphatic rings. The van der Waals surface area contributed by atoms with Gasteiger partial charge in [0.25, 0.3) is 0 Å². The molecule has 2 aromatic carbocycles. The highest BCUT2D eigenvalue weighted by Crippen LogP contribution is 2.23. The summed E-state index contributed by atoms with van der Waals surface area (Å²) in [5.74, 6) is 1.04. The van der Waals surface area contributed by atoms with Gasteiger partial charge in [0.15, 0.2) is 11.0 Å². The summed E-state index contributed by atoms with van der Waals surface area (Å²) in [6.45, 7) is 2.41. The largest absolute Gasteiger partial charge is 0.491 e. The second-order valence-corrected chi connectivity index (χ2v) is 8.01. The predicted octanol–water partition coefficient (Wildman–Crippen LogP) is 1.55. The summed E-state index contributed by atoms with van der Waals surface area (Å²) in [5.41, 5.74) is 9.46. The summed E-state index contributed by atoms with van der Waals surface area (Å²) in [6.07, 6.45) is 1.97. The molecule has 150 valence electrons. The van der Waals surface area contributed by atoms with Gasteiger partial charge < -0.3 is 24.6 Å². The van der Waals surface area contributed by atoms with Crippen LogP contribution in [0.2, 0.25) is 0 Å². The fourth-order valence-electron chi connectivity index (χ4n) is 3.20. The van der Waals surface area contributed by atoms with E-state index >= 15 is 0 Å². The molecular weight excluding hydrogens is 391 g/mol. The fraction of sp³-hybridized carbons (Fsp3) is 0.263. The molecule has 4 rings (SSSR count). The van der Waals surface area contributed by atoms with Crippen molar-refractivity contribution in [2.75, 3.05) is 10.5 Å². The van der Waals surface area contributed by atoms with Gasteiger partial charge >= 0.3 is 7.12 Å². The van der Waals surface area contributed by atoms with E-state index in [2.05, 4.69) is 14.9 Å². The molecule has 0 spiro atoms. The minimum atomic E-state index is -1.55. The van der Waals surface area contributed by atoms with Crippen LogP contribution >= 0.6 is 0 Å². The summed E-state index contributed by atoms with van der Waals surface area (Å²) in [6, 6.07) is 10.6. The number of nitrogens with zero attached hydrogens (tertiary/aromatic N) is 2. The lowest BCUT2D eigenvalue weighted by Gasteiger charge is -2.12. The zero-order chi connectivity index (χ0) is 20.4. The predicted molar refractivity (Wildman–Crippen MR) is 111 cm³/mol. The number of benzene rings is 2. The van der Waals surface area contributed by atoms with Crippen LogP contribution in [0.5, 0.6) is 0 Å². The van der Waals surface area contributed by atoms with E-state index in [0.717, 1.165) is 24.0 Å². The highest BCUT2D eigenvalue weighted by molar-refractivity contribution is 7.86. The molecule has 4 N–H and O–H groups in total. The number of nitrogen functional groups attached to an aromatic ring is 1. The number of aryl methyl sites for hydroxylation is 1. The Labute approximate surface area is 171 Å². The van der Waals surface area contributed by atoms with Crippen molar-refractivity contribution >= 4 is 34.9 Å². The van der Waals surface area contributed by atoms with Gasteiger partial charge in [-0.15, -0.1) is 10.2 Å². The van der Waals surface area contributed by atoms with E-state index in [-0.39, 0.29) is 0 Å². The van der Waals surface area contributed by atoms with Crippen LogP contribution in [-0.4, -0.2) is 26.5 Å². The van der Waals surface area contributed by atoms with Crippen molar-refractivity contribution in [3.63, 3.8) is 0 Å². The van der Waals surface area contributed by atoms with E-state index < -0.39 is 18.1 Å². The van der Waals surface area contributed by atoms with Crippen LogP contribution in [0, 0.1) is 0 Å². The number of anilines is 2. The molecule has 0 aliphatic carbocycles. The number of hydrogen-bond donors (Lipinski definition) is 3. The summed E-state index contributed by atoms with van der Waals surface area (Å²) in [7, 11) is -2.51. The zero-order valence-corrected chi connectivity index (χ0v) is 16.7. The first kappa shape index (κ1) is 19.6. The zero-order valence-electron chi connectivity index (χ0n) is 15.9. The normalized spacial score (nSPS) is 14.1. The number of fused-ring (bicyclic) bond motifs is 1. The second kappa shape index (κ2) is 8.36. The molecule has 0 fully saturated rings. The minimum absolute atomic E-state index is 0.335. The Bertz CT molecular complexity index is 1060. The fourth-order valence-corrected chi connectivity index (χ4v) is 4.21. The third kappa shape index (κ3) is 4.34. The van der Waals surface area contributed by atoms with E-state index in [9.17, 15) is 9.23 Å². The summed E-state index contributed by atoms with van der Waals surface area (Å²) < 4.78 is 26.9. The van der Waals surface area contributed by atoms with E-state index in [4.69, 9.17) is 14.8 Å². The lowest BCUT2D eigenvalue weighted by molar-refractivity contribution is 0.275. The average molecular weight is 412 g/mol. The highest BCUT2D eigenvalue weighted by atomic mass is 32.2. The molecule has 0 radical (unpaired) electrons. The monoisotopic (exact) mass is 412 g/mol. The molecular formula is C19H21BN4O4S. The van der Waals surface area contributed by atoms with Crippen LogP contribution in [0.25, 0.3) is 0 Å². The number of hydrogen-bond acceptors (Lipinski definition) is 7. The summed E-state index contributed by atoms with van der Waals surface area (Å²) >= 11 is 0. The highest BCUT2D eigenvalue weighted by Gasteiger charge is 2.27. The third-order valence-electron chi connectivity index (χ3n) is 4.62. The van der Waals surface area contributed by atoms with Gasteiger partial charge in [-0.05, 0) is 53.3 Å². The van der Waals surface area contributed by atoms with Crippen LogP contribution in [0.3, 0.4) is 0 Å². The van der Waals surface area contributed by atoms with Crippen molar-refractivity contribution in [2.24, 2.45) is 0 Å². The molecule has 0 saturated carbocycles. The van der Waals surface area contributed by atoms with Gasteiger partial charge in [0.05, 0.1) is 17.9 Å². The quantitative estimate of drug-likeness (QED) is 0.397. The smallest absolute Gasteiger partial charge is 0.425 e. The first-order valence-electron chi connectivity index (χ1n) is 9.34. The molecule has 0 saturated heterocycles. The Hall–Kier alpha value is -2.69. The van der Waals surface area contributed by atoms with Gasteiger partial charge in [-0.25, -0.2) is 4.21 Å². The Morgan fingerprint density at radius 2 is 2.07 bits per heavy atom. The van der Waals surface area contributed by atoms with Gasteiger partial charge in [-0.3, -0.25) is 0 Å². The lowest BCUT2D eigenvalue weighted by atomic mass is 9.79. The molecule has 2 heterocycles. The minimum Gasteiger partial charge on any atom is -0.425 e. The van der Waals surface area contributed by atoms with Crippen molar-refractivity contribution < 1.29 is 18.3 Å². The molecule has 1 aromatic heterocycles. The topological polar surface area (TPSA) is 124 Å². The summed E-state index contributed by atoms with van der Waals surface area (Å²) in [5, 5.41) is 18.0. The first-order chi connectivity index (χ1) is 14.0. The number of nitrogens with two attached hydrogens (primary N) is 1. The maximum absolute atomic E-state index is 13.0. The molecule has 10 heteroatoms. The van der Waals surface area contributed by atoms with Gasteiger partial charge in [-0.1, -0.05) is 13.0 Å². The number of rotatable bonds is 7. The van der Waals surface area contributed by atoms with E-state index in [1.54, 1.807) is 24.3 Å². The van der Waals surface area contributed by atoms with Crippen LogP contribution in [-0.2, 0) is 35.1 Å². The molecule has 8 nitrogen and oxygen atoms in total. The van der Waals surface area contributed by atoms with Crippen molar-refractivity contribution in [2.45, 2.75) is 37.7 Å². The van der Waals surface area contributed by atoms with Crippen molar-refractivity contribution in [3.8, 4) is 0 Å². The van der Waals surface area contributed by atoms with Gasteiger partial charge in [0, 0.05) is 17.8 Å². The Morgan fingerprint density at radius 1 is 1.24 bits per heavy atom. The van der Waals surface area contributed by atoms with Crippen LogP contribution in [0.4, 0.5) is 11.4 Å². The van der Waals surface area contributed by atoms with Crippen molar-refractivity contribution in [1.29, 1.82) is 0 Å². The van der Waals surface area contributed by atoms with E-state index in [0.29, 0.717) is 46.5 Å².